The van der Waals surface area contributed by atoms with Gasteiger partial charge < -0.3 is 24.1 Å². The summed E-state index contributed by atoms with van der Waals surface area (Å²) < 4.78 is 22.5. The van der Waals surface area contributed by atoms with Crippen molar-refractivity contribution in [2.24, 2.45) is 4.99 Å². The fraction of sp³-hybridized carbons (Fsp3) is 0.312. The van der Waals surface area contributed by atoms with Crippen LogP contribution in [-0.4, -0.2) is 56.0 Å². The van der Waals surface area contributed by atoms with Crippen LogP contribution in [0.4, 0.5) is 0 Å². The normalized spacial score (nSPS) is 18.0. The smallest absolute Gasteiger partial charge is 0.266 e. The second-order valence-electron chi connectivity index (χ2n) is 9.57. The van der Waals surface area contributed by atoms with Gasteiger partial charge in [0.25, 0.3) is 5.91 Å². The zero-order valence-corrected chi connectivity index (χ0v) is 23.6. The number of methoxy groups -OCH3 is 2. The first-order valence-electron chi connectivity index (χ1n) is 13.6. The number of ether oxygens (including phenoxy) is 4. The van der Waals surface area contributed by atoms with Crippen LogP contribution in [0.5, 0.6) is 17.2 Å². The number of carbonyl (C=O) groups excluding carboxylic acids is 1. The summed E-state index contributed by atoms with van der Waals surface area (Å²) in [5.74, 6) is 2.01. The van der Waals surface area contributed by atoms with Gasteiger partial charge in [-0.15, -0.1) is 0 Å². The molecule has 0 spiro atoms. The molecule has 0 saturated heterocycles. The number of nitrogens with one attached hydrogen (secondary N) is 2. The molecule has 0 bridgehead atoms. The fourth-order valence-corrected chi connectivity index (χ4v) is 4.45. The Balaban J connectivity index is 1.52. The Labute approximate surface area is 240 Å². The maximum atomic E-state index is 13.7. The lowest BCUT2D eigenvalue weighted by Gasteiger charge is -2.27. The first-order valence-corrected chi connectivity index (χ1v) is 13.6. The molecule has 3 aromatic carbocycles. The minimum atomic E-state index is -1.19. The van der Waals surface area contributed by atoms with Crippen molar-refractivity contribution < 1.29 is 28.8 Å². The number of hydrazine groups is 1. The minimum Gasteiger partial charge on any atom is -0.494 e. The highest BCUT2D eigenvalue weighted by atomic mass is 16.5. The lowest BCUT2D eigenvalue weighted by Crippen LogP contribution is -2.54. The molecule has 3 aromatic rings. The number of rotatable bonds is 14. The summed E-state index contributed by atoms with van der Waals surface area (Å²) in [5, 5.41) is 8.97. The average molecular weight is 560 g/mol. The van der Waals surface area contributed by atoms with Crippen molar-refractivity contribution in [2.45, 2.75) is 38.0 Å². The summed E-state index contributed by atoms with van der Waals surface area (Å²) in [7, 11) is 3.17. The van der Waals surface area contributed by atoms with E-state index >= 15 is 0 Å². The van der Waals surface area contributed by atoms with Crippen molar-refractivity contribution >= 4 is 17.9 Å². The molecule has 216 valence electrons. The number of hydrogen-bond donors (Lipinski definition) is 3. The third kappa shape index (κ3) is 7.45. The van der Waals surface area contributed by atoms with Crippen molar-refractivity contribution in [2.75, 3.05) is 27.4 Å². The average Bonchev–Trinajstić information content (AvgIpc) is 3.34. The topological polar surface area (TPSA) is 111 Å². The van der Waals surface area contributed by atoms with E-state index in [1.165, 1.54) is 0 Å². The summed E-state index contributed by atoms with van der Waals surface area (Å²) in [6.07, 6.45) is 4.29. The van der Waals surface area contributed by atoms with Gasteiger partial charge >= 0.3 is 0 Å². The van der Waals surface area contributed by atoms with Gasteiger partial charge in [0.2, 0.25) is 5.90 Å². The molecule has 4 rings (SSSR count). The molecule has 9 heteroatoms. The van der Waals surface area contributed by atoms with Crippen LogP contribution in [0.25, 0.3) is 6.08 Å². The number of amides is 1. The molecule has 0 radical (unpaired) electrons. The van der Waals surface area contributed by atoms with Crippen molar-refractivity contribution in [3.05, 3.63) is 95.6 Å². The highest BCUT2D eigenvalue weighted by Crippen LogP contribution is 2.33. The van der Waals surface area contributed by atoms with E-state index in [0.717, 1.165) is 16.7 Å². The SMILES string of the molecule is COc1ccc(CNNC(=O)[C@@]2(C/C=C/c3ccccc3)N=C(c3ccc(OCCCO)cc3)O[C@H]2C)cc1OC. The van der Waals surface area contributed by atoms with Crippen molar-refractivity contribution in [1.29, 1.82) is 0 Å². The summed E-state index contributed by atoms with van der Waals surface area (Å²) in [6, 6.07) is 22.8. The van der Waals surface area contributed by atoms with Crippen molar-refractivity contribution in [3.8, 4) is 17.2 Å². The van der Waals surface area contributed by atoms with E-state index in [1.54, 1.807) is 14.2 Å². The third-order valence-electron chi connectivity index (χ3n) is 6.81. The predicted octanol–water partition coefficient (Wildman–Crippen LogP) is 4.29. The quantitative estimate of drug-likeness (QED) is 0.200. The maximum Gasteiger partial charge on any atom is 0.266 e. The molecule has 0 aromatic heterocycles. The van der Waals surface area contributed by atoms with Crippen LogP contribution in [0.3, 0.4) is 0 Å². The second-order valence-corrected chi connectivity index (χ2v) is 9.57. The van der Waals surface area contributed by atoms with Gasteiger partial charge in [0.1, 0.15) is 11.9 Å². The molecule has 3 N–H and O–H groups in total. The minimum absolute atomic E-state index is 0.0760. The lowest BCUT2D eigenvalue weighted by atomic mass is 9.89. The molecular weight excluding hydrogens is 522 g/mol. The first-order chi connectivity index (χ1) is 20.0. The van der Waals surface area contributed by atoms with Gasteiger partial charge in [0.15, 0.2) is 17.0 Å². The molecule has 9 nitrogen and oxygen atoms in total. The van der Waals surface area contributed by atoms with Crippen LogP contribution < -0.4 is 25.1 Å². The van der Waals surface area contributed by atoms with Crippen LogP contribution >= 0.6 is 0 Å². The molecule has 2 atom stereocenters. The van der Waals surface area contributed by atoms with Crippen LogP contribution in [0.2, 0.25) is 0 Å². The van der Waals surface area contributed by atoms with E-state index in [2.05, 4.69) is 10.9 Å². The Kier molecular flexibility index (Phi) is 10.4. The molecular formula is C32H37N3O6. The maximum absolute atomic E-state index is 13.7. The zero-order valence-electron chi connectivity index (χ0n) is 23.6. The highest BCUT2D eigenvalue weighted by molar-refractivity contribution is 6.00. The van der Waals surface area contributed by atoms with Gasteiger partial charge in [-0.05, 0) is 54.4 Å². The third-order valence-corrected chi connectivity index (χ3v) is 6.81. The van der Waals surface area contributed by atoms with Gasteiger partial charge in [-0.3, -0.25) is 10.2 Å². The lowest BCUT2D eigenvalue weighted by molar-refractivity contribution is -0.129. The molecule has 0 saturated carbocycles. The van der Waals surface area contributed by atoms with Crippen LogP contribution in [0.15, 0.2) is 83.9 Å². The number of benzene rings is 3. The molecule has 1 heterocycles. The van der Waals surface area contributed by atoms with Crippen molar-refractivity contribution in [3.63, 3.8) is 0 Å². The Bertz CT molecular complexity index is 1340. The number of aliphatic imine (C=N–C) groups is 1. The summed E-state index contributed by atoms with van der Waals surface area (Å²) >= 11 is 0. The van der Waals surface area contributed by atoms with Gasteiger partial charge in [0.05, 0.1) is 20.8 Å². The van der Waals surface area contributed by atoms with Gasteiger partial charge in [-0.25, -0.2) is 10.4 Å². The number of nitrogens with zero attached hydrogens (tertiary/aromatic N) is 1. The largest absolute Gasteiger partial charge is 0.494 e. The van der Waals surface area contributed by atoms with Gasteiger partial charge in [-0.1, -0.05) is 48.6 Å². The van der Waals surface area contributed by atoms with E-state index in [-0.39, 0.29) is 12.5 Å². The highest BCUT2D eigenvalue weighted by Gasteiger charge is 2.49. The Morgan fingerprint density at radius 3 is 2.51 bits per heavy atom. The molecule has 0 aliphatic carbocycles. The Hall–Kier alpha value is -4.34. The van der Waals surface area contributed by atoms with E-state index < -0.39 is 11.6 Å². The number of hydrogen-bond acceptors (Lipinski definition) is 8. The van der Waals surface area contributed by atoms with E-state index in [4.69, 9.17) is 29.0 Å². The summed E-state index contributed by atoms with van der Waals surface area (Å²) in [4.78, 5) is 18.6. The summed E-state index contributed by atoms with van der Waals surface area (Å²) in [5.41, 5.74) is 7.36. The van der Waals surface area contributed by atoms with Crippen LogP contribution in [0.1, 0.15) is 36.5 Å². The van der Waals surface area contributed by atoms with Crippen LogP contribution in [-0.2, 0) is 16.1 Å². The molecule has 0 fully saturated rings. The van der Waals surface area contributed by atoms with Gasteiger partial charge in [-0.2, -0.15) is 0 Å². The molecule has 0 unspecified atom stereocenters. The van der Waals surface area contributed by atoms with Crippen LogP contribution in [0, 0.1) is 0 Å². The first kappa shape index (κ1) is 29.6. The Morgan fingerprint density at radius 2 is 1.80 bits per heavy atom. The zero-order chi connectivity index (χ0) is 29.1. The molecule has 1 amide bonds. The second kappa shape index (κ2) is 14.3. The number of carbonyl (C=O) groups is 1. The molecule has 1 aliphatic rings. The monoisotopic (exact) mass is 559 g/mol. The fourth-order valence-electron chi connectivity index (χ4n) is 4.45. The van der Waals surface area contributed by atoms with Crippen molar-refractivity contribution in [1.82, 2.24) is 10.9 Å². The van der Waals surface area contributed by atoms with E-state index in [1.807, 2.05) is 91.9 Å². The van der Waals surface area contributed by atoms with E-state index in [9.17, 15) is 4.79 Å². The predicted molar refractivity (Wildman–Crippen MR) is 158 cm³/mol. The molecule has 1 aliphatic heterocycles. The molecule has 41 heavy (non-hydrogen) atoms. The van der Waals surface area contributed by atoms with E-state index in [0.29, 0.717) is 49.1 Å². The standard InChI is InChI=1S/C32H37N3O6/c1-23-32(18-7-11-24-9-5-4-6-10-24,31(37)35-33-22-25-12-17-28(38-2)29(21-25)39-3)34-30(41-23)26-13-15-27(16-14-26)40-20-8-19-36/h4-7,9-17,21,23,33,36H,8,18-20,22H2,1-3H3,(H,35,37)/b11-7+/t23-,32-/m0/s1. The number of aliphatic hydroxyl groups excluding tert-OH is 1. The summed E-state index contributed by atoms with van der Waals surface area (Å²) in [6.45, 7) is 2.73. The van der Waals surface area contributed by atoms with Gasteiger partial charge in [0, 0.05) is 31.6 Å². The number of aliphatic hydroxyl groups is 1. The Morgan fingerprint density at radius 1 is 1.05 bits per heavy atom.